The lowest BCUT2D eigenvalue weighted by Gasteiger charge is -2.48. The Bertz CT molecular complexity index is 364. The molecular weight excluding hydrogens is 214 g/mol. The van der Waals surface area contributed by atoms with E-state index in [9.17, 15) is 9.59 Å². The monoisotopic (exact) mass is 227 g/mol. The average Bonchev–Trinajstić information content (AvgIpc) is 2.25. The Morgan fingerprint density at radius 3 is 2.87 bits per heavy atom. The SMILES string of the molecule is CCC1=C(C(=O)O)N2C(=O)[C@@H](C)[C@H]2SC1. The van der Waals surface area contributed by atoms with Gasteiger partial charge in [-0.05, 0) is 12.0 Å². The van der Waals surface area contributed by atoms with Crippen LogP contribution in [0.25, 0.3) is 0 Å². The second-order valence-corrected chi connectivity index (χ2v) is 4.91. The predicted molar refractivity (Wildman–Crippen MR) is 57.2 cm³/mol. The number of hydrogen-bond acceptors (Lipinski definition) is 3. The highest BCUT2D eigenvalue weighted by atomic mass is 32.2. The summed E-state index contributed by atoms with van der Waals surface area (Å²) in [6.45, 7) is 3.78. The van der Waals surface area contributed by atoms with Gasteiger partial charge in [0.1, 0.15) is 5.70 Å². The number of nitrogens with zero attached hydrogens (tertiary/aromatic N) is 1. The number of rotatable bonds is 2. The molecule has 2 heterocycles. The fourth-order valence-corrected chi connectivity index (χ4v) is 3.49. The molecule has 0 aromatic carbocycles. The number of β-lactam (4-membered cyclic amide) rings is 1. The molecule has 0 bridgehead atoms. The third kappa shape index (κ3) is 1.37. The standard InChI is InChI=1S/C10H13NO3S/c1-3-6-4-15-9-5(2)8(12)11(9)7(6)10(13)14/h5,9H,3-4H2,1-2H3,(H,13,14)/t5-,9-/m1/s1. The Labute approximate surface area is 92.3 Å². The topological polar surface area (TPSA) is 57.6 Å². The number of aliphatic carboxylic acids is 1. The molecule has 0 aliphatic carbocycles. The van der Waals surface area contributed by atoms with Crippen molar-refractivity contribution in [3.05, 3.63) is 11.3 Å². The van der Waals surface area contributed by atoms with E-state index in [1.165, 1.54) is 4.90 Å². The van der Waals surface area contributed by atoms with Crippen LogP contribution in [0.3, 0.4) is 0 Å². The molecule has 0 saturated carbocycles. The molecule has 2 aliphatic heterocycles. The lowest BCUT2D eigenvalue weighted by atomic mass is 9.97. The molecule has 4 nitrogen and oxygen atoms in total. The van der Waals surface area contributed by atoms with E-state index in [1.54, 1.807) is 11.8 Å². The zero-order valence-corrected chi connectivity index (χ0v) is 9.50. The van der Waals surface area contributed by atoms with Gasteiger partial charge in [0.15, 0.2) is 0 Å². The van der Waals surface area contributed by atoms with Crippen LogP contribution in [0.4, 0.5) is 0 Å². The van der Waals surface area contributed by atoms with Crippen LogP contribution in [0.2, 0.25) is 0 Å². The average molecular weight is 227 g/mol. The highest BCUT2D eigenvalue weighted by molar-refractivity contribution is 8.00. The van der Waals surface area contributed by atoms with Crippen LogP contribution in [0.1, 0.15) is 20.3 Å². The Hall–Kier alpha value is -0.970. The van der Waals surface area contributed by atoms with Crippen molar-refractivity contribution in [1.82, 2.24) is 4.90 Å². The van der Waals surface area contributed by atoms with Crippen molar-refractivity contribution < 1.29 is 14.7 Å². The summed E-state index contributed by atoms with van der Waals surface area (Å²) < 4.78 is 0. The van der Waals surface area contributed by atoms with Gasteiger partial charge in [-0.1, -0.05) is 13.8 Å². The zero-order valence-electron chi connectivity index (χ0n) is 8.69. The van der Waals surface area contributed by atoms with Gasteiger partial charge in [-0.3, -0.25) is 9.69 Å². The number of carboxylic acid groups (broad SMARTS) is 1. The van der Waals surface area contributed by atoms with Crippen LogP contribution in [0.5, 0.6) is 0 Å². The maximum Gasteiger partial charge on any atom is 0.352 e. The number of amides is 1. The highest BCUT2D eigenvalue weighted by Gasteiger charge is 2.50. The lowest BCUT2D eigenvalue weighted by molar-refractivity contribution is -0.151. The van der Waals surface area contributed by atoms with E-state index in [1.807, 2.05) is 13.8 Å². The van der Waals surface area contributed by atoms with E-state index in [-0.39, 0.29) is 22.9 Å². The molecule has 0 unspecified atom stereocenters. The van der Waals surface area contributed by atoms with E-state index < -0.39 is 5.97 Å². The molecule has 1 fully saturated rings. The number of carbonyl (C=O) groups is 2. The predicted octanol–water partition coefficient (Wildman–Crippen LogP) is 1.29. The molecule has 15 heavy (non-hydrogen) atoms. The number of carbonyl (C=O) groups excluding carboxylic acids is 1. The zero-order chi connectivity index (χ0) is 11.2. The summed E-state index contributed by atoms with van der Waals surface area (Å²) in [5.41, 5.74) is 1.09. The first-order valence-electron chi connectivity index (χ1n) is 4.98. The van der Waals surface area contributed by atoms with E-state index in [0.717, 1.165) is 11.3 Å². The Morgan fingerprint density at radius 1 is 1.67 bits per heavy atom. The minimum Gasteiger partial charge on any atom is -0.477 e. The van der Waals surface area contributed by atoms with Gasteiger partial charge in [0, 0.05) is 5.75 Å². The molecule has 2 rings (SSSR count). The van der Waals surface area contributed by atoms with Crippen molar-refractivity contribution in [2.24, 2.45) is 5.92 Å². The molecular formula is C10H13NO3S. The van der Waals surface area contributed by atoms with Crippen LogP contribution < -0.4 is 0 Å². The smallest absolute Gasteiger partial charge is 0.352 e. The van der Waals surface area contributed by atoms with Crippen molar-refractivity contribution in [1.29, 1.82) is 0 Å². The fourth-order valence-electron chi connectivity index (χ4n) is 2.01. The molecule has 0 aromatic heterocycles. The second-order valence-electron chi connectivity index (χ2n) is 3.81. The van der Waals surface area contributed by atoms with Gasteiger partial charge >= 0.3 is 5.97 Å². The van der Waals surface area contributed by atoms with Crippen LogP contribution in [0.15, 0.2) is 11.3 Å². The number of thioether (sulfide) groups is 1. The second kappa shape index (κ2) is 3.56. The largest absolute Gasteiger partial charge is 0.477 e. The van der Waals surface area contributed by atoms with E-state index >= 15 is 0 Å². The summed E-state index contributed by atoms with van der Waals surface area (Å²) in [6, 6.07) is 0. The first kappa shape index (κ1) is 10.5. The minimum absolute atomic E-state index is 0.0391. The van der Waals surface area contributed by atoms with Gasteiger partial charge in [0.2, 0.25) is 5.91 Å². The molecule has 0 aromatic rings. The Kier molecular flexibility index (Phi) is 2.50. The number of carboxylic acids is 1. The van der Waals surface area contributed by atoms with Crippen molar-refractivity contribution in [3.8, 4) is 0 Å². The third-order valence-corrected chi connectivity index (χ3v) is 4.42. The molecule has 2 aliphatic rings. The fraction of sp³-hybridized carbons (Fsp3) is 0.600. The summed E-state index contributed by atoms with van der Waals surface area (Å²) >= 11 is 1.66. The summed E-state index contributed by atoms with van der Waals surface area (Å²) in [6.07, 6.45) is 0.694. The molecule has 0 radical (unpaired) electrons. The molecule has 0 spiro atoms. The molecule has 1 saturated heterocycles. The van der Waals surface area contributed by atoms with E-state index in [4.69, 9.17) is 5.11 Å². The van der Waals surface area contributed by atoms with Gasteiger partial charge in [-0.2, -0.15) is 0 Å². The van der Waals surface area contributed by atoms with Crippen molar-refractivity contribution in [3.63, 3.8) is 0 Å². The Balaban J connectivity index is 2.38. The molecule has 82 valence electrons. The van der Waals surface area contributed by atoms with Crippen LogP contribution in [0, 0.1) is 5.92 Å². The summed E-state index contributed by atoms with van der Waals surface area (Å²) in [5.74, 6) is -0.340. The lowest BCUT2D eigenvalue weighted by Crippen LogP contribution is -2.60. The van der Waals surface area contributed by atoms with Crippen molar-refractivity contribution >= 4 is 23.6 Å². The van der Waals surface area contributed by atoms with Gasteiger partial charge in [-0.15, -0.1) is 11.8 Å². The van der Waals surface area contributed by atoms with E-state index in [0.29, 0.717) is 6.42 Å². The number of hydrogen-bond donors (Lipinski definition) is 1. The van der Waals surface area contributed by atoms with Crippen molar-refractivity contribution in [2.45, 2.75) is 25.6 Å². The highest BCUT2D eigenvalue weighted by Crippen LogP contribution is 2.43. The first-order valence-corrected chi connectivity index (χ1v) is 6.02. The summed E-state index contributed by atoms with van der Waals surface area (Å²) in [4.78, 5) is 24.1. The summed E-state index contributed by atoms with van der Waals surface area (Å²) in [7, 11) is 0. The molecule has 2 atom stereocenters. The first-order chi connectivity index (χ1) is 7.07. The third-order valence-electron chi connectivity index (χ3n) is 2.94. The van der Waals surface area contributed by atoms with Crippen LogP contribution in [-0.2, 0) is 9.59 Å². The van der Waals surface area contributed by atoms with Crippen LogP contribution in [-0.4, -0.2) is 33.0 Å². The normalized spacial score (nSPS) is 30.0. The summed E-state index contributed by atoms with van der Waals surface area (Å²) in [5, 5.41) is 9.15. The number of fused-ring (bicyclic) bond motifs is 1. The maximum absolute atomic E-state index is 11.6. The molecule has 1 amide bonds. The quantitative estimate of drug-likeness (QED) is 0.722. The molecule has 5 heteroatoms. The maximum atomic E-state index is 11.6. The van der Waals surface area contributed by atoms with Gasteiger partial charge in [0.05, 0.1) is 11.3 Å². The van der Waals surface area contributed by atoms with Gasteiger partial charge < -0.3 is 5.11 Å². The minimum atomic E-state index is -0.975. The van der Waals surface area contributed by atoms with Gasteiger partial charge in [-0.25, -0.2) is 4.79 Å². The van der Waals surface area contributed by atoms with Crippen molar-refractivity contribution in [2.75, 3.05) is 5.75 Å². The molecule has 1 N–H and O–H groups in total. The van der Waals surface area contributed by atoms with Gasteiger partial charge in [0.25, 0.3) is 0 Å². The van der Waals surface area contributed by atoms with E-state index in [2.05, 4.69) is 0 Å². The van der Waals surface area contributed by atoms with Crippen LogP contribution >= 0.6 is 11.8 Å². The Morgan fingerprint density at radius 2 is 2.33 bits per heavy atom.